The van der Waals surface area contributed by atoms with Crippen molar-refractivity contribution in [3.8, 4) is 6.07 Å². The smallest absolute Gasteiger partial charge is 0.183 e. The van der Waals surface area contributed by atoms with Crippen molar-refractivity contribution in [3.63, 3.8) is 0 Å². The molecule has 1 aromatic rings. The van der Waals surface area contributed by atoms with Crippen molar-refractivity contribution in [1.82, 2.24) is 9.97 Å². The Balaban J connectivity index is 3.35. The van der Waals surface area contributed by atoms with E-state index < -0.39 is 0 Å². The molecule has 0 fully saturated rings. The first kappa shape index (κ1) is 7.95. The number of nitrogens with zero attached hydrogens (tertiary/aromatic N) is 3. The van der Waals surface area contributed by atoms with Crippen LogP contribution in [0.25, 0.3) is 0 Å². The van der Waals surface area contributed by atoms with Crippen LogP contribution in [0.15, 0.2) is 4.60 Å². The van der Waals surface area contributed by atoms with Gasteiger partial charge in [0, 0.05) is 0 Å². The Morgan fingerprint density at radius 1 is 1.55 bits per heavy atom. The summed E-state index contributed by atoms with van der Waals surface area (Å²) in [7, 11) is 0. The third-order valence-corrected chi connectivity index (χ3v) is 1.90. The molecule has 56 valence electrons. The highest BCUT2D eigenvalue weighted by atomic mass is 79.9. The number of hydrogen-bond donors (Lipinski definition) is 1. The summed E-state index contributed by atoms with van der Waals surface area (Å²) in [5.41, 5.74) is 6.22. The molecule has 1 heterocycles. The second kappa shape index (κ2) is 2.84. The number of aryl methyl sites for hydroxylation is 1. The van der Waals surface area contributed by atoms with Gasteiger partial charge in [-0.25, -0.2) is 9.97 Å². The average molecular weight is 213 g/mol. The van der Waals surface area contributed by atoms with Crippen LogP contribution >= 0.6 is 15.9 Å². The number of halogens is 1. The van der Waals surface area contributed by atoms with Gasteiger partial charge in [0.05, 0.1) is 5.69 Å². The van der Waals surface area contributed by atoms with Gasteiger partial charge < -0.3 is 5.73 Å². The van der Waals surface area contributed by atoms with E-state index in [9.17, 15) is 0 Å². The lowest BCUT2D eigenvalue weighted by molar-refractivity contribution is 1.07. The van der Waals surface area contributed by atoms with Gasteiger partial charge in [0.1, 0.15) is 10.7 Å². The summed E-state index contributed by atoms with van der Waals surface area (Å²) >= 11 is 3.14. The fourth-order valence-electron chi connectivity index (χ4n) is 0.598. The van der Waals surface area contributed by atoms with Crippen molar-refractivity contribution >= 4 is 21.7 Å². The minimum atomic E-state index is 0.155. The van der Waals surface area contributed by atoms with Crippen LogP contribution in [-0.4, -0.2) is 9.97 Å². The quantitative estimate of drug-likeness (QED) is 0.697. The minimum absolute atomic E-state index is 0.155. The maximum atomic E-state index is 8.48. The highest BCUT2D eigenvalue weighted by Crippen LogP contribution is 2.14. The van der Waals surface area contributed by atoms with E-state index in [1.165, 1.54) is 0 Å². The summed E-state index contributed by atoms with van der Waals surface area (Å²) in [5, 5.41) is 8.48. The lowest BCUT2D eigenvalue weighted by Crippen LogP contribution is -2.00. The van der Waals surface area contributed by atoms with E-state index in [4.69, 9.17) is 11.0 Å². The van der Waals surface area contributed by atoms with Gasteiger partial charge in [0.2, 0.25) is 0 Å². The maximum Gasteiger partial charge on any atom is 0.183 e. The normalized spacial score (nSPS) is 9.18. The monoisotopic (exact) mass is 212 g/mol. The lowest BCUT2D eigenvalue weighted by Gasteiger charge is -1.98. The van der Waals surface area contributed by atoms with Crippen molar-refractivity contribution < 1.29 is 0 Å². The maximum absolute atomic E-state index is 8.48. The van der Waals surface area contributed by atoms with Crippen LogP contribution in [0.1, 0.15) is 11.4 Å². The van der Waals surface area contributed by atoms with Gasteiger partial charge >= 0.3 is 0 Å². The Labute approximate surface area is 72.2 Å². The van der Waals surface area contributed by atoms with Gasteiger partial charge in [-0.1, -0.05) is 0 Å². The Morgan fingerprint density at radius 3 is 2.73 bits per heavy atom. The fourth-order valence-corrected chi connectivity index (χ4v) is 0.864. The minimum Gasteiger partial charge on any atom is -0.381 e. The molecule has 1 aromatic heterocycles. The van der Waals surface area contributed by atoms with Crippen molar-refractivity contribution in [2.45, 2.75) is 6.92 Å². The molecule has 0 amide bonds. The Kier molecular flexibility index (Phi) is 2.06. The van der Waals surface area contributed by atoms with Crippen LogP contribution < -0.4 is 5.73 Å². The SMILES string of the molecule is Cc1nc(N)c(C#N)nc1Br. The molecule has 0 unspecified atom stereocenters. The first-order chi connectivity index (χ1) is 5.15. The summed E-state index contributed by atoms with van der Waals surface area (Å²) in [6, 6.07) is 1.83. The molecule has 0 spiro atoms. The van der Waals surface area contributed by atoms with Crippen LogP contribution in [-0.2, 0) is 0 Å². The summed E-state index contributed by atoms with van der Waals surface area (Å²) in [4.78, 5) is 7.75. The Morgan fingerprint density at radius 2 is 2.18 bits per heavy atom. The molecule has 0 atom stereocenters. The third-order valence-electron chi connectivity index (χ3n) is 1.15. The predicted octanol–water partition coefficient (Wildman–Crippen LogP) is 1.00. The lowest BCUT2D eigenvalue weighted by atomic mass is 10.4. The molecule has 0 bridgehead atoms. The second-order valence-electron chi connectivity index (χ2n) is 1.95. The molecule has 0 radical (unpaired) electrons. The first-order valence-electron chi connectivity index (χ1n) is 2.85. The van der Waals surface area contributed by atoms with Crippen molar-refractivity contribution in [3.05, 3.63) is 16.0 Å². The number of nitriles is 1. The molecule has 0 aliphatic heterocycles. The average Bonchev–Trinajstić information content (AvgIpc) is 1.97. The summed E-state index contributed by atoms with van der Waals surface area (Å²) in [6.07, 6.45) is 0. The molecular weight excluding hydrogens is 208 g/mol. The summed E-state index contributed by atoms with van der Waals surface area (Å²) in [6.45, 7) is 1.76. The fraction of sp³-hybridized carbons (Fsp3) is 0.167. The predicted molar refractivity (Wildman–Crippen MR) is 43.6 cm³/mol. The molecule has 0 saturated carbocycles. The number of anilines is 1. The van der Waals surface area contributed by atoms with Crippen molar-refractivity contribution in [1.29, 1.82) is 5.26 Å². The molecule has 1 rings (SSSR count). The largest absolute Gasteiger partial charge is 0.381 e. The van der Waals surface area contributed by atoms with Crippen LogP contribution in [0.5, 0.6) is 0 Å². The molecule has 0 aliphatic rings. The van der Waals surface area contributed by atoms with E-state index in [2.05, 4.69) is 25.9 Å². The summed E-state index contributed by atoms with van der Waals surface area (Å²) in [5.74, 6) is 0.174. The number of rotatable bonds is 0. The van der Waals surface area contributed by atoms with Crippen LogP contribution in [0.3, 0.4) is 0 Å². The zero-order valence-electron chi connectivity index (χ0n) is 5.80. The number of hydrogen-bond acceptors (Lipinski definition) is 4. The number of nitrogens with two attached hydrogens (primary N) is 1. The highest BCUT2D eigenvalue weighted by Gasteiger charge is 2.04. The Hall–Kier alpha value is -1.15. The third kappa shape index (κ3) is 1.46. The van der Waals surface area contributed by atoms with Crippen molar-refractivity contribution in [2.24, 2.45) is 0 Å². The van der Waals surface area contributed by atoms with Crippen LogP contribution in [0.4, 0.5) is 5.82 Å². The van der Waals surface area contributed by atoms with E-state index in [1.807, 2.05) is 6.07 Å². The number of aromatic nitrogens is 2. The molecule has 2 N–H and O–H groups in total. The molecule has 5 heteroatoms. The van der Waals surface area contributed by atoms with Gasteiger partial charge in [0.15, 0.2) is 11.5 Å². The zero-order valence-corrected chi connectivity index (χ0v) is 7.38. The van der Waals surface area contributed by atoms with Crippen molar-refractivity contribution in [2.75, 3.05) is 5.73 Å². The van der Waals surface area contributed by atoms with Gasteiger partial charge in [0.25, 0.3) is 0 Å². The highest BCUT2D eigenvalue weighted by molar-refractivity contribution is 9.10. The second-order valence-corrected chi connectivity index (χ2v) is 2.70. The number of nitrogen functional groups attached to an aromatic ring is 1. The zero-order chi connectivity index (χ0) is 8.43. The first-order valence-corrected chi connectivity index (χ1v) is 3.64. The molecule has 0 aliphatic carbocycles. The molecular formula is C6H5BrN4. The summed E-state index contributed by atoms with van der Waals surface area (Å²) < 4.78 is 0.559. The Bertz CT molecular complexity index is 328. The molecule has 0 aromatic carbocycles. The van der Waals surface area contributed by atoms with E-state index in [0.29, 0.717) is 10.3 Å². The van der Waals surface area contributed by atoms with E-state index in [1.54, 1.807) is 6.92 Å². The molecule has 4 nitrogen and oxygen atoms in total. The van der Waals surface area contributed by atoms with Gasteiger partial charge in [-0.2, -0.15) is 5.26 Å². The molecule has 11 heavy (non-hydrogen) atoms. The van der Waals surface area contributed by atoms with Gasteiger partial charge in [-0.05, 0) is 22.9 Å². The van der Waals surface area contributed by atoms with Gasteiger partial charge in [-0.3, -0.25) is 0 Å². The van der Waals surface area contributed by atoms with Crippen LogP contribution in [0, 0.1) is 18.3 Å². The van der Waals surface area contributed by atoms with Gasteiger partial charge in [-0.15, -0.1) is 0 Å². The van der Waals surface area contributed by atoms with E-state index in [-0.39, 0.29) is 11.5 Å². The molecule has 0 saturated heterocycles. The van der Waals surface area contributed by atoms with E-state index in [0.717, 1.165) is 0 Å². The standard InChI is InChI=1S/C6H5BrN4/c1-3-5(7)11-4(2-8)6(9)10-3/h1H3,(H2,9,10). The van der Waals surface area contributed by atoms with Crippen LogP contribution in [0.2, 0.25) is 0 Å². The van der Waals surface area contributed by atoms with E-state index >= 15 is 0 Å². The topological polar surface area (TPSA) is 75.6 Å².